The Labute approximate surface area is 162 Å². The summed E-state index contributed by atoms with van der Waals surface area (Å²) in [4.78, 5) is 29.8. The first-order valence-corrected chi connectivity index (χ1v) is 9.12. The third kappa shape index (κ3) is 3.93. The molecular weight excluding hydrogens is 356 g/mol. The van der Waals surface area contributed by atoms with Gasteiger partial charge in [0.15, 0.2) is 5.82 Å². The molecule has 1 aliphatic heterocycles. The lowest BCUT2D eigenvalue weighted by Crippen LogP contribution is -2.48. The summed E-state index contributed by atoms with van der Waals surface area (Å²) in [6, 6.07) is 16.9. The number of aromatic nitrogens is 2. The lowest BCUT2D eigenvalue weighted by Gasteiger charge is -2.37. The highest BCUT2D eigenvalue weighted by atomic mass is 16.5. The SMILES string of the molecule is CC(=O)Nc1ccc(C(=O)N2CC(c3nc(Cc4ccccc4)no3)C2)cc1. The molecule has 1 fully saturated rings. The lowest BCUT2D eigenvalue weighted by molar-refractivity contribution is -0.114. The van der Waals surface area contributed by atoms with Crippen LogP contribution in [0.25, 0.3) is 0 Å². The van der Waals surface area contributed by atoms with Crippen LogP contribution in [0.2, 0.25) is 0 Å². The van der Waals surface area contributed by atoms with Gasteiger partial charge in [-0.05, 0) is 29.8 Å². The summed E-state index contributed by atoms with van der Waals surface area (Å²) in [5.74, 6) is 1.11. The maximum Gasteiger partial charge on any atom is 0.253 e. The number of nitrogens with one attached hydrogen (secondary N) is 1. The van der Waals surface area contributed by atoms with Crippen molar-refractivity contribution in [2.45, 2.75) is 19.3 Å². The number of likely N-dealkylation sites (tertiary alicyclic amines) is 1. The number of carbonyl (C=O) groups excluding carboxylic acids is 2. The fourth-order valence-electron chi connectivity index (χ4n) is 3.17. The van der Waals surface area contributed by atoms with Crippen molar-refractivity contribution in [3.63, 3.8) is 0 Å². The molecule has 2 heterocycles. The molecule has 0 spiro atoms. The average molecular weight is 376 g/mol. The van der Waals surface area contributed by atoms with E-state index in [0.29, 0.717) is 42.5 Å². The van der Waals surface area contributed by atoms with Crippen molar-refractivity contribution in [3.05, 3.63) is 77.4 Å². The predicted octanol–water partition coefficient (Wildman–Crippen LogP) is 2.86. The first-order chi connectivity index (χ1) is 13.6. The lowest BCUT2D eigenvalue weighted by atomic mass is 9.98. The predicted molar refractivity (Wildman–Crippen MR) is 103 cm³/mol. The summed E-state index contributed by atoms with van der Waals surface area (Å²) < 4.78 is 5.39. The normalized spacial score (nSPS) is 13.8. The molecule has 2 amide bonds. The van der Waals surface area contributed by atoms with Gasteiger partial charge < -0.3 is 14.7 Å². The minimum Gasteiger partial charge on any atom is -0.339 e. The van der Waals surface area contributed by atoms with Gasteiger partial charge in [0, 0.05) is 37.7 Å². The first kappa shape index (κ1) is 17.9. The highest BCUT2D eigenvalue weighted by molar-refractivity contribution is 5.96. The van der Waals surface area contributed by atoms with E-state index < -0.39 is 0 Å². The molecule has 142 valence electrons. The van der Waals surface area contributed by atoms with Crippen molar-refractivity contribution < 1.29 is 14.1 Å². The number of rotatable bonds is 5. The zero-order chi connectivity index (χ0) is 19.5. The maximum absolute atomic E-state index is 12.6. The second-order valence-corrected chi connectivity index (χ2v) is 6.88. The van der Waals surface area contributed by atoms with E-state index in [1.807, 2.05) is 30.3 Å². The number of benzene rings is 2. The van der Waals surface area contributed by atoms with Gasteiger partial charge in [-0.15, -0.1) is 0 Å². The second-order valence-electron chi connectivity index (χ2n) is 6.88. The number of nitrogens with zero attached hydrogens (tertiary/aromatic N) is 3. The van der Waals surface area contributed by atoms with Crippen LogP contribution in [0.5, 0.6) is 0 Å². The van der Waals surface area contributed by atoms with Crippen LogP contribution in [0, 0.1) is 0 Å². The highest BCUT2D eigenvalue weighted by Crippen LogP contribution is 2.27. The number of carbonyl (C=O) groups is 2. The van der Waals surface area contributed by atoms with Gasteiger partial charge in [-0.1, -0.05) is 35.5 Å². The van der Waals surface area contributed by atoms with Crippen molar-refractivity contribution >= 4 is 17.5 Å². The standard InChI is InChI=1S/C21H20N4O3/c1-14(26)22-18-9-7-16(8-10-18)21(27)25-12-17(13-25)20-23-19(24-28-20)11-15-5-3-2-4-6-15/h2-10,17H,11-13H2,1H3,(H,22,26). The topological polar surface area (TPSA) is 88.3 Å². The molecule has 3 aromatic rings. The number of hydrogen-bond donors (Lipinski definition) is 1. The average Bonchev–Trinajstić information content (AvgIpc) is 3.09. The molecule has 0 atom stereocenters. The van der Waals surface area contributed by atoms with E-state index in [0.717, 1.165) is 5.56 Å². The Balaban J connectivity index is 1.33. The van der Waals surface area contributed by atoms with Crippen molar-refractivity contribution in [3.8, 4) is 0 Å². The zero-order valence-corrected chi connectivity index (χ0v) is 15.5. The van der Waals surface area contributed by atoms with Crippen LogP contribution in [0.4, 0.5) is 5.69 Å². The molecule has 0 unspecified atom stereocenters. The fourth-order valence-corrected chi connectivity index (χ4v) is 3.17. The molecule has 7 nitrogen and oxygen atoms in total. The van der Waals surface area contributed by atoms with Crippen LogP contribution in [-0.4, -0.2) is 39.9 Å². The largest absolute Gasteiger partial charge is 0.339 e. The monoisotopic (exact) mass is 376 g/mol. The summed E-state index contributed by atoms with van der Waals surface area (Å²) in [5.41, 5.74) is 2.38. The van der Waals surface area contributed by atoms with Gasteiger partial charge in [0.05, 0.1) is 5.92 Å². The van der Waals surface area contributed by atoms with Crippen molar-refractivity contribution in [1.82, 2.24) is 15.0 Å². The highest BCUT2D eigenvalue weighted by Gasteiger charge is 2.36. The molecule has 0 saturated carbocycles. The van der Waals surface area contributed by atoms with Gasteiger partial charge in [-0.2, -0.15) is 4.98 Å². The minimum absolute atomic E-state index is 0.0466. The Morgan fingerprint density at radius 2 is 1.82 bits per heavy atom. The van der Waals surface area contributed by atoms with Crippen LogP contribution in [0.15, 0.2) is 59.1 Å². The molecular formula is C21H20N4O3. The van der Waals surface area contributed by atoms with Gasteiger partial charge in [0.2, 0.25) is 11.8 Å². The van der Waals surface area contributed by atoms with Crippen molar-refractivity contribution in [2.24, 2.45) is 0 Å². The Morgan fingerprint density at radius 3 is 2.50 bits per heavy atom. The van der Waals surface area contributed by atoms with Crippen LogP contribution >= 0.6 is 0 Å². The molecule has 0 aliphatic carbocycles. The molecule has 7 heteroatoms. The Hall–Kier alpha value is -3.48. The number of hydrogen-bond acceptors (Lipinski definition) is 5. The molecule has 1 aliphatic rings. The van der Waals surface area contributed by atoms with E-state index in [1.54, 1.807) is 29.2 Å². The van der Waals surface area contributed by atoms with E-state index in [4.69, 9.17) is 4.52 Å². The summed E-state index contributed by atoms with van der Waals surface area (Å²) in [7, 11) is 0. The van der Waals surface area contributed by atoms with Crippen LogP contribution in [0.1, 0.15) is 40.5 Å². The molecule has 0 radical (unpaired) electrons. The van der Waals surface area contributed by atoms with E-state index in [2.05, 4.69) is 15.5 Å². The molecule has 0 bridgehead atoms. The number of anilines is 1. The smallest absolute Gasteiger partial charge is 0.253 e. The Bertz CT molecular complexity index is 976. The quantitative estimate of drug-likeness (QED) is 0.740. The number of amides is 2. The van der Waals surface area contributed by atoms with E-state index in [1.165, 1.54) is 6.92 Å². The van der Waals surface area contributed by atoms with Gasteiger partial charge >= 0.3 is 0 Å². The summed E-state index contributed by atoms with van der Waals surface area (Å²) in [5, 5.41) is 6.74. The molecule has 2 aromatic carbocycles. The van der Waals surface area contributed by atoms with Gasteiger partial charge in [-0.25, -0.2) is 0 Å². The zero-order valence-electron chi connectivity index (χ0n) is 15.5. The molecule has 4 rings (SSSR count). The Kier molecular flexibility index (Phi) is 4.89. The molecule has 1 N–H and O–H groups in total. The third-order valence-corrected chi connectivity index (χ3v) is 4.66. The van der Waals surface area contributed by atoms with Crippen LogP contribution < -0.4 is 5.32 Å². The molecule has 1 saturated heterocycles. The molecule has 28 heavy (non-hydrogen) atoms. The summed E-state index contributed by atoms with van der Waals surface area (Å²) in [6.45, 7) is 2.56. The van der Waals surface area contributed by atoms with E-state index >= 15 is 0 Å². The van der Waals surface area contributed by atoms with E-state index in [-0.39, 0.29) is 17.7 Å². The third-order valence-electron chi connectivity index (χ3n) is 4.66. The van der Waals surface area contributed by atoms with Crippen molar-refractivity contribution in [2.75, 3.05) is 18.4 Å². The Morgan fingerprint density at radius 1 is 1.11 bits per heavy atom. The minimum atomic E-state index is -0.143. The van der Waals surface area contributed by atoms with Crippen LogP contribution in [0.3, 0.4) is 0 Å². The van der Waals surface area contributed by atoms with Crippen LogP contribution in [-0.2, 0) is 11.2 Å². The van der Waals surface area contributed by atoms with E-state index in [9.17, 15) is 9.59 Å². The van der Waals surface area contributed by atoms with Gasteiger partial charge in [-0.3, -0.25) is 9.59 Å². The first-order valence-electron chi connectivity index (χ1n) is 9.12. The molecule has 1 aromatic heterocycles. The van der Waals surface area contributed by atoms with Gasteiger partial charge in [0.25, 0.3) is 5.91 Å². The maximum atomic E-state index is 12.6. The summed E-state index contributed by atoms with van der Waals surface area (Å²) in [6.07, 6.45) is 0.625. The summed E-state index contributed by atoms with van der Waals surface area (Å²) >= 11 is 0. The van der Waals surface area contributed by atoms with Crippen molar-refractivity contribution in [1.29, 1.82) is 0 Å². The second kappa shape index (κ2) is 7.64. The fraction of sp³-hybridized carbons (Fsp3) is 0.238. The van der Waals surface area contributed by atoms with Gasteiger partial charge in [0.1, 0.15) is 0 Å².